The van der Waals surface area contributed by atoms with Gasteiger partial charge in [-0.2, -0.15) is 0 Å². The summed E-state index contributed by atoms with van der Waals surface area (Å²) >= 11 is 0. The predicted octanol–water partition coefficient (Wildman–Crippen LogP) is 5.21. The SMILES string of the molecule is CC[C@@H](C)c1ccc([C@@H](NC(=O)Cc2ccc(NC(C)=O)cc2)C(C)C)cc1. The molecule has 0 heterocycles. The van der Waals surface area contributed by atoms with E-state index in [1.54, 1.807) is 0 Å². The summed E-state index contributed by atoms with van der Waals surface area (Å²) in [5.74, 6) is 0.726. The molecular weight excluding hydrogens is 348 g/mol. The highest BCUT2D eigenvalue weighted by Gasteiger charge is 2.19. The minimum Gasteiger partial charge on any atom is -0.349 e. The Bertz CT molecular complexity index is 779. The molecule has 0 aliphatic carbocycles. The van der Waals surface area contributed by atoms with Gasteiger partial charge in [-0.05, 0) is 47.1 Å². The molecule has 2 amide bonds. The third-order valence-electron chi connectivity index (χ3n) is 5.10. The van der Waals surface area contributed by atoms with Gasteiger partial charge in [-0.1, -0.05) is 64.1 Å². The number of benzene rings is 2. The van der Waals surface area contributed by atoms with Gasteiger partial charge >= 0.3 is 0 Å². The molecule has 2 aromatic rings. The number of nitrogens with one attached hydrogen (secondary N) is 2. The molecule has 4 nitrogen and oxygen atoms in total. The van der Waals surface area contributed by atoms with Crippen LogP contribution in [0.3, 0.4) is 0 Å². The highest BCUT2D eigenvalue weighted by atomic mass is 16.2. The lowest BCUT2D eigenvalue weighted by Crippen LogP contribution is -2.32. The highest BCUT2D eigenvalue weighted by Crippen LogP contribution is 2.25. The van der Waals surface area contributed by atoms with Crippen LogP contribution in [0.1, 0.15) is 69.7 Å². The fraction of sp³-hybridized carbons (Fsp3) is 0.417. The smallest absolute Gasteiger partial charge is 0.224 e. The van der Waals surface area contributed by atoms with E-state index < -0.39 is 0 Å². The van der Waals surface area contributed by atoms with Gasteiger partial charge in [0.15, 0.2) is 0 Å². The fourth-order valence-corrected chi connectivity index (χ4v) is 3.22. The maximum absolute atomic E-state index is 12.6. The second-order valence-corrected chi connectivity index (χ2v) is 7.82. The standard InChI is InChI=1S/C24H32N2O2/c1-6-17(4)20-9-11-21(12-10-20)24(16(2)3)26-23(28)15-19-7-13-22(14-8-19)25-18(5)27/h7-14,16-17,24H,6,15H2,1-5H3,(H,25,27)(H,26,28)/t17-,24+/m1/s1. The van der Waals surface area contributed by atoms with Crippen LogP contribution in [0.2, 0.25) is 0 Å². The summed E-state index contributed by atoms with van der Waals surface area (Å²) in [5.41, 5.74) is 4.12. The summed E-state index contributed by atoms with van der Waals surface area (Å²) in [6, 6.07) is 16.0. The van der Waals surface area contributed by atoms with Gasteiger partial charge in [-0.3, -0.25) is 9.59 Å². The lowest BCUT2D eigenvalue weighted by molar-refractivity contribution is -0.121. The van der Waals surface area contributed by atoms with Crippen LogP contribution in [0.15, 0.2) is 48.5 Å². The second-order valence-electron chi connectivity index (χ2n) is 7.82. The van der Waals surface area contributed by atoms with Crippen LogP contribution in [0.5, 0.6) is 0 Å². The van der Waals surface area contributed by atoms with Crippen molar-refractivity contribution >= 4 is 17.5 Å². The number of hydrogen-bond acceptors (Lipinski definition) is 2. The largest absolute Gasteiger partial charge is 0.349 e. The minimum atomic E-state index is -0.107. The van der Waals surface area contributed by atoms with Gasteiger partial charge < -0.3 is 10.6 Å². The summed E-state index contributed by atoms with van der Waals surface area (Å²) in [7, 11) is 0. The minimum absolute atomic E-state index is 0.00280. The Labute approximate surface area is 168 Å². The Hall–Kier alpha value is -2.62. The van der Waals surface area contributed by atoms with Crippen LogP contribution >= 0.6 is 0 Å². The summed E-state index contributed by atoms with van der Waals surface area (Å²) in [4.78, 5) is 23.7. The Kier molecular flexibility index (Phi) is 7.80. The molecule has 0 saturated heterocycles. The molecule has 0 aliphatic heterocycles. The third-order valence-corrected chi connectivity index (χ3v) is 5.10. The maximum Gasteiger partial charge on any atom is 0.224 e. The van der Waals surface area contributed by atoms with E-state index in [-0.39, 0.29) is 17.9 Å². The molecule has 0 aliphatic rings. The fourth-order valence-electron chi connectivity index (χ4n) is 3.22. The zero-order chi connectivity index (χ0) is 20.7. The molecule has 2 aromatic carbocycles. The zero-order valence-corrected chi connectivity index (χ0v) is 17.6. The Morgan fingerprint density at radius 2 is 1.46 bits per heavy atom. The molecule has 0 bridgehead atoms. The van der Waals surface area contributed by atoms with E-state index in [2.05, 4.69) is 62.6 Å². The molecule has 28 heavy (non-hydrogen) atoms. The van der Waals surface area contributed by atoms with Gasteiger partial charge in [0.2, 0.25) is 11.8 Å². The Balaban J connectivity index is 2.03. The van der Waals surface area contributed by atoms with Crippen molar-refractivity contribution in [2.75, 3.05) is 5.32 Å². The van der Waals surface area contributed by atoms with Crippen molar-refractivity contribution in [2.24, 2.45) is 5.92 Å². The molecule has 0 unspecified atom stereocenters. The topological polar surface area (TPSA) is 58.2 Å². The number of carbonyl (C=O) groups excluding carboxylic acids is 2. The predicted molar refractivity (Wildman–Crippen MR) is 115 cm³/mol. The van der Waals surface area contributed by atoms with E-state index in [9.17, 15) is 9.59 Å². The summed E-state index contributed by atoms with van der Waals surface area (Å²) in [6.07, 6.45) is 1.43. The lowest BCUT2D eigenvalue weighted by Gasteiger charge is -2.24. The molecule has 150 valence electrons. The first-order chi connectivity index (χ1) is 13.3. The number of carbonyl (C=O) groups is 2. The van der Waals surface area contributed by atoms with Crippen molar-refractivity contribution in [3.63, 3.8) is 0 Å². The lowest BCUT2D eigenvalue weighted by atomic mass is 9.92. The summed E-state index contributed by atoms with van der Waals surface area (Å²) in [5, 5.41) is 5.91. The van der Waals surface area contributed by atoms with Gasteiger partial charge in [0, 0.05) is 12.6 Å². The van der Waals surface area contributed by atoms with Gasteiger partial charge in [0.1, 0.15) is 0 Å². The van der Waals surface area contributed by atoms with E-state index in [0.717, 1.165) is 23.2 Å². The van der Waals surface area contributed by atoms with Crippen molar-refractivity contribution < 1.29 is 9.59 Å². The normalized spacial score (nSPS) is 13.1. The average Bonchev–Trinajstić information content (AvgIpc) is 2.66. The number of amides is 2. The van der Waals surface area contributed by atoms with Crippen molar-refractivity contribution in [3.05, 3.63) is 65.2 Å². The molecule has 0 spiro atoms. The molecule has 0 fully saturated rings. The van der Waals surface area contributed by atoms with Crippen LogP contribution in [-0.4, -0.2) is 11.8 Å². The first-order valence-corrected chi connectivity index (χ1v) is 10.1. The van der Waals surface area contributed by atoms with E-state index >= 15 is 0 Å². The molecule has 0 aromatic heterocycles. The second kappa shape index (κ2) is 10.1. The summed E-state index contributed by atoms with van der Waals surface area (Å²) in [6.45, 7) is 10.1. The molecule has 2 atom stereocenters. The molecular formula is C24H32N2O2. The first-order valence-electron chi connectivity index (χ1n) is 10.1. The van der Waals surface area contributed by atoms with Gasteiger partial charge in [-0.15, -0.1) is 0 Å². The number of rotatable bonds is 8. The molecule has 4 heteroatoms. The molecule has 2 N–H and O–H groups in total. The van der Waals surface area contributed by atoms with Crippen molar-refractivity contribution in [3.8, 4) is 0 Å². The third kappa shape index (κ3) is 6.22. The van der Waals surface area contributed by atoms with Crippen molar-refractivity contribution in [1.29, 1.82) is 0 Å². The van der Waals surface area contributed by atoms with E-state index in [0.29, 0.717) is 18.3 Å². The van der Waals surface area contributed by atoms with Crippen LogP contribution in [0.25, 0.3) is 0 Å². The highest BCUT2D eigenvalue weighted by molar-refractivity contribution is 5.88. The van der Waals surface area contributed by atoms with Crippen molar-refractivity contribution in [1.82, 2.24) is 5.32 Å². The van der Waals surface area contributed by atoms with Gasteiger partial charge in [-0.25, -0.2) is 0 Å². The number of hydrogen-bond donors (Lipinski definition) is 2. The van der Waals surface area contributed by atoms with E-state index in [1.165, 1.54) is 12.5 Å². The molecule has 0 radical (unpaired) electrons. The van der Waals surface area contributed by atoms with Crippen LogP contribution < -0.4 is 10.6 Å². The Morgan fingerprint density at radius 3 is 1.96 bits per heavy atom. The molecule has 0 saturated carbocycles. The van der Waals surface area contributed by atoms with E-state index in [4.69, 9.17) is 0 Å². The van der Waals surface area contributed by atoms with Crippen molar-refractivity contribution in [2.45, 2.75) is 59.4 Å². The molecule has 2 rings (SSSR count). The monoisotopic (exact) mass is 380 g/mol. The van der Waals surface area contributed by atoms with Gasteiger partial charge in [0.05, 0.1) is 12.5 Å². The van der Waals surface area contributed by atoms with Crippen LogP contribution in [-0.2, 0) is 16.0 Å². The first kappa shape index (κ1) is 21.7. The number of anilines is 1. The summed E-state index contributed by atoms with van der Waals surface area (Å²) < 4.78 is 0. The van der Waals surface area contributed by atoms with Gasteiger partial charge in [0.25, 0.3) is 0 Å². The zero-order valence-electron chi connectivity index (χ0n) is 17.6. The maximum atomic E-state index is 12.6. The van der Waals surface area contributed by atoms with E-state index in [1.807, 2.05) is 24.3 Å². The quantitative estimate of drug-likeness (QED) is 0.660. The average molecular weight is 381 g/mol. The van der Waals surface area contributed by atoms with Crippen LogP contribution in [0, 0.1) is 5.92 Å². The van der Waals surface area contributed by atoms with Crippen LogP contribution in [0.4, 0.5) is 5.69 Å². The Morgan fingerprint density at radius 1 is 0.893 bits per heavy atom.